The molecule has 2 bridgehead atoms. The van der Waals surface area contributed by atoms with Gasteiger partial charge < -0.3 is 26.0 Å². The molecule has 0 saturated carbocycles. The minimum absolute atomic E-state index is 0.00670. The van der Waals surface area contributed by atoms with Gasteiger partial charge in [-0.05, 0) is 69.4 Å². The Kier molecular flexibility index (Phi) is 6.42. The van der Waals surface area contributed by atoms with Gasteiger partial charge in [0.05, 0.1) is 18.2 Å². The number of Topliss-reactive ketones (excluding diaryl/α,β-unsaturated/α-hetero) is 1. The number of pyridine rings is 1. The average molecular weight is 478 g/mol. The summed E-state index contributed by atoms with van der Waals surface area (Å²) < 4.78 is 5.41. The van der Waals surface area contributed by atoms with Gasteiger partial charge in [-0.25, -0.2) is 4.98 Å². The van der Waals surface area contributed by atoms with E-state index in [1.54, 1.807) is 24.4 Å². The molecule has 184 valence electrons. The van der Waals surface area contributed by atoms with Crippen LogP contribution in [0.1, 0.15) is 70.1 Å². The Balaban J connectivity index is 1.26. The second kappa shape index (κ2) is 9.65. The lowest BCUT2D eigenvalue weighted by Gasteiger charge is -2.40. The van der Waals surface area contributed by atoms with Crippen molar-refractivity contribution in [1.29, 1.82) is 0 Å². The second-order valence-electron chi connectivity index (χ2n) is 9.72. The Morgan fingerprint density at radius 3 is 2.37 bits per heavy atom. The summed E-state index contributed by atoms with van der Waals surface area (Å²) >= 11 is 0. The molecule has 4 N–H and O–H groups in total. The molecule has 4 heterocycles. The predicted molar refractivity (Wildman–Crippen MR) is 132 cm³/mol. The normalized spacial score (nSPS) is 25.3. The van der Waals surface area contributed by atoms with Gasteiger partial charge in [-0.15, -0.1) is 0 Å². The Labute approximate surface area is 204 Å². The molecule has 3 saturated heterocycles. The number of nitrogens with one attached hydrogen (secondary N) is 2. The standard InChI is InChI=1S/C26H31N5O4/c1-15(32)17-3-7-24(28-13-17)31-20-4-5-21(31)12-19(11-20)30-26(34)16-2-6-22(25(27)33)23(10-16)29-18-8-9-35-14-18/h2-3,6-7,10,13,18-21,29H,4-5,8-9,11-12,14H2,1H3,(H2,27,33)(H,30,34)/t18-,19-,20+,21-/m0/s1. The third-order valence-corrected chi connectivity index (χ3v) is 7.32. The first-order valence-electron chi connectivity index (χ1n) is 12.2. The molecule has 9 heteroatoms. The minimum Gasteiger partial charge on any atom is -0.379 e. The summed E-state index contributed by atoms with van der Waals surface area (Å²) in [5.41, 5.74) is 7.58. The molecule has 4 atom stereocenters. The van der Waals surface area contributed by atoms with Gasteiger partial charge in [0.1, 0.15) is 5.82 Å². The van der Waals surface area contributed by atoms with Crippen LogP contribution in [0.3, 0.4) is 0 Å². The van der Waals surface area contributed by atoms with E-state index in [9.17, 15) is 14.4 Å². The van der Waals surface area contributed by atoms with Gasteiger partial charge >= 0.3 is 0 Å². The summed E-state index contributed by atoms with van der Waals surface area (Å²) in [6.07, 6.45) is 6.26. The molecule has 2 amide bonds. The van der Waals surface area contributed by atoms with Gasteiger partial charge in [0.25, 0.3) is 11.8 Å². The van der Waals surface area contributed by atoms with Gasteiger partial charge in [0.15, 0.2) is 5.78 Å². The van der Waals surface area contributed by atoms with Crippen molar-refractivity contribution in [2.75, 3.05) is 23.4 Å². The number of piperidine rings is 1. The molecular formula is C26H31N5O4. The molecule has 3 aliphatic rings. The van der Waals surface area contributed by atoms with E-state index in [0.717, 1.165) is 37.9 Å². The van der Waals surface area contributed by atoms with E-state index < -0.39 is 5.91 Å². The van der Waals surface area contributed by atoms with E-state index in [-0.39, 0.29) is 23.8 Å². The average Bonchev–Trinajstić information content (AvgIpc) is 3.44. The molecule has 0 spiro atoms. The zero-order valence-electron chi connectivity index (χ0n) is 19.8. The maximum atomic E-state index is 13.1. The molecule has 0 unspecified atom stereocenters. The number of ether oxygens (including phenoxy) is 1. The van der Waals surface area contributed by atoms with Gasteiger partial charge in [-0.1, -0.05) is 0 Å². The van der Waals surface area contributed by atoms with Crippen LogP contribution < -0.4 is 21.3 Å². The van der Waals surface area contributed by atoms with Crippen molar-refractivity contribution in [3.05, 3.63) is 53.2 Å². The fraction of sp³-hybridized carbons (Fsp3) is 0.462. The summed E-state index contributed by atoms with van der Waals surface area (Å²) in [6.45, 7) is 2.77. The number of rotatable bonds is 7. The van der Waals surface area contributed by atoms with Crippen molar-refractivity contribution in [2.24, 2.45) is 5.73 Å². The highest BCUT2D eigenvalue weighted by atomic mass is 16.5. The molecule has 35 heavy (non-hydrogen) atoms. The number of fused-ring (bicyclic) bond motifs is 2. The third-order valence-electron chi connectivity index (χ3n) is 7.32. The maximum Gasteiger partial charge on any atom is 0.251 e. The van der Waals surface area contributed by atoms with E-state index in [0.29, 0.717) is 47.7 Å². The molecule has 3 fully saturated rings. The molecule has 2 aromatic rings. The third kappa shape index (κ3) is 4.86. The van der Waals surface area contributed by atoms with Gasteiger partial charge in [0, 0.05) is 47.7 Å². The monoisotopic (exact) mass is 477 g/mol. The van der Waals surface area contributed by atoms with E-state index >= 15 is 0 Å². The highest BCUT2D eigenvalue weighted by Gasteiger charge is 2.41. The number of benzene rings is 1. The van der Waals surface area contributed by atoms with Crippen molar-refractivity contribution < 1.29 is 19.1 Å². The number of aromatic nitrogens is 1. The summed E-state index contributed by atoms with van der Waals surface area (Å²) in [4.78, 5) is 43.5. The zero-order valence-corrected chi connectivity index (χ0v) is 19.8. The number of amides is 2. The van der Waals surface area contributed by atoms with E-state index in [1.165, 1.54) is 6.92 Å². The number of hydrogen-bond acceptors (Lipinski definition) is 7. The van der Waals surface area contributed by atoms with Crippen molar-refractivity contribution in [2.45, 2.75) is 63.2 Å². The van der Waals surface area contributed by atoms with Crippen LogP contribution in [0.15, 0.2) is 36.5 Å². The summed E-state index contributed by atoms with van der Waals surface area (Å²) in [6, 6.07) is 9.46. The number of ketones is 1. The zero-order chi connectivity index (χ0) is 24.5. The number of nitrogens with zero attached hydrogens (tertiary/aromatic N) is 2. The fourth-order valence-electron chi connectivity index (χ4n) is 5.57. The quantitative estimate of drug-likeness (QED) is 0.523. The Hall–Kier alpha value is -3.46. The smallest absolute Gasteiger partial charge is 0.251 e. The highest BCUT2D eigenvalue weighted by molar-refractivity contribution is 6.02. The maximum absolute atomic E-state index is 13.1. The van der Waals surface area contributed by atoms with Crippen LogP contribution in [-0.4, -0.2) is 60.0 Å². The van der Waals surface area contributed by atoms with Crippen LogP contribution in [0.25, 0.3) is 0 Å². The van der Waals surface area contributed by atoms with E-state index in [2.05, 4.69) is 20.5 Å². The van der Waals surface area contributed by atoms with E-state index in [1.807, 2.05) is 12.1 Å². The molecule has 9 nitrogen and oxygen atoms in total. The van der Waals surface area contributed by atoms with Gasteiger partial charge in [0.2, 0.25) is 0 Å². The second-order valence-corrected chi connectivity index (χ2v) is 9.72. The summed E-state index contributed by atoms with van der Waals surface area (Å²) in [7, 11) is 0. The Bertz CT molecular complexity index is 1120. The van der Waals surface area contributed by atoms with Crippen LogP contribution >= 0.6 is 0 Å². The van der Waals surface area contributed by atoms with Crippen LogP contribution in [0.4, 0.5) is 11.5 Å². The largest absolute Gasteiger partial charge is 0.379 e. The van der Waals surface area contributed by atoms with Crippen LogP contribution in [0, 0.1) is 0 Å². The van der Waals surface area contributed by atoms with Crippen molar-refractivity contribution in [3.63, 3.8) is 0 Å². The predicted octanol–water partition coefficient (Wildman–Crippen LogP) is 2.51. The first-order valence-corrected chi connectivity index (χ1v) is 12.2. The lowest BCUT2D eigenvalue weighted by molar-refractivity contribution is 0.0924. The Morgan fingerprint density at radius 2 is 1.77 bits per heavy atom. The molecular weight excluding hydrogens is 446 g/mol. The lowest BCUT2D eigenvalue weighted by Crippen LogP contribution is -2.50. The number of carbonyl (C=O) groups excluding carboxylic acids is 3. The Morgan fingerprint density at radius 1 is 1.03 bits per heavy atom. The fourth-order valence-corrected chi connectivity index (χ4v) is 5.57. The molecule has 1 aromatic carbocycles. The molecule has 1 aromatic heterocycles. The highest BCUT2D eigenvalue weighted by Crippen LogP contribution is 2.38. The first kappa shape index (κ1) is 23.3. The van der Waals surface area contributed by atoms with Gasteiger partial charge in [-0.2, -0.15) is 0 Å². The first-order chi connectivity index (χ1) is 16.9. The topological polar surface area (TPSA) is 127 Å². The van der Waals surface area contributed by atoms with Gasteiger partial charge in [-0.3, -0.25) is 14.4 Å². The molecule has 5 rings (SSSR count). The number of carbonyl (C=O) groups is 3. The molecule has 0 radical (unpaired) electrons. The molecule has 0 aliphatic carbocycles. The van der Waals surface area contributed by atoms with Crippen LogP contribution in [0.5, 0.6) is 0 Å². The SMILES string of the molecule is CC(=O)c1ccc(N2[C@@H]3CC[C@H]2C[C@@H](NC(=O)c2ccc(C(N)=O)c(N[C@H]4CCOC4)c2)C3)nc1. The van der Waals surface area contributed by atoms with Crippen LogP contribution in [-0.2, 0) is 4.74 Å². The number of anilines is 2. The lowest BCUT2D eigenvalue weighted by atomic mass is 9.96. The van der Waals surface area contributed by atoms with Crippen molar-refractivity contribution in [3.8, 4) is 0 Å². The number of hydrogen-bond donors (Lipinski definition) is 3. The number of primary amides is 1. The van der Waals surface area contributed by atoms with E-state index in [4.69, 9.17) is 10.5 Å². The number of nitrogens with two attached hydrogens (primary N) is 1. The summed E-state index contributed by atoms with van der Waals surface area (Å²) in [5, 5.41) is 6.51. The van der Waals surface area contributed by atoms with Crippen molar-refractivity contribution >= 4 is 29.1 Å². The minimum atomic E-state index is -0.535. The summed E-state index contributed by atoms with van der Waals surface area (Å²) in [5.74, 6) is 0.203. The molecule has 3 aliphatic heterocycles. The van der Waals surface area contributed by atoms with Crippen molar-refractivity contribution in [1.82, 2.24) is 10.3 Å². The van der Waals surface area contributed by atoms with Crippen LogP contribution in [0.2, 0.25) is 0 Å².